The number of rotatable bonds is 9. The summed E-state index contributed by atoms with van der Waals surface area (Å²) < 4.78 is 11.5. The lowest BCUT2D eigenvalue weighted by molar-refractivity contribution is 0.0697. The van der Waals surface area contributed by atoms with Crippen molar-refractivity contribution in [2.45, 2.75) is 26.2 Å². The molecular formula is C23H32ClNO2. The Morgan fingerprint density at radius 1 is 0.889 bits per heavy atom. The predicted molar refractivity (Wildman–Crippen MR) is 114 cm³/mol. The maximum Gasteiger partial charge on any atom is 0.122 e. The van der Waals surface area contributed by atoms with Gasteiger partial charge in [-0.15, -0.1) is 12.4 Å². The summed E-state index contributed by atoms with van der Waals surface area (Å²) >= 11 is 0. The van der Waals surface area contributed by atoms with Gasteiger partial charge in [0.1, 0.15) is 12.4 Å². The van der Waals surface area contributed by atoms with Gasteiger partial charge in [-0.05, 0) is 62.4 Å². The molecule has 0 spiro atoms. The van der Waals surface area contributed by atoms with Crippen LogP contribution in [-0.4, -0.2) is 44.4 Å². The lowest BCUT2D eigenvalue weighted by Crippen LogP contribution is -2.36. The van der Waals surface area contributed by atoms with E-state index in [4.69, 9.17) is 9.47 Å². The quantitative estimate of drug-likeness (QED) is 0.577. The molecular weight excluding hydrogens is 358 g/mol. The van der Waals surface area contributed by atoms with Crippen LogP contribution in [0.3, 0.4) is 0 Å². The molecule has 2 aromatic rings. The van der Waals surface area contributed by atoms with Crippen molar-refractivity contribution in [1.82, 2.24) is 4.90 Å². The van der Waals surface area contributed by atoms with Crippen molar-refractivity contribution in [2.24, 2.45) is 5.92 Å². The van der Waals surface area contributed by atoms with E-state index in [-0.39, 0.29) is 12.4 Å². The van der Waals surface area contributed by atoms with Gasteiger partial charge in [0.15, 0.2) is 0 Å². The number of halogens is 1. The maximum absolute atomic E-state index is 5.76. The fourth-order valence-electron chi connectivity index (χ4n) is 3.59. The number of hydrogen-bond acceptors (Lipinski definition) is 3. The van der Waals surface area contributed by atoms with Gasteiger partial charge in [-0.3, -0.25) is 0 Å². The molecule has 1 aliphatic heterocycles. The molecule has 1 aliphatic rings. The number of hydrogen-bond donors (Lipinski definition) is 0. The Bertz CT molecular complexity index is 642. The molecule has 3 nitrogen and oxygen atoms in total. The van der Waals surface area contributed by atoms with E-state index in [1.165, 1.54) is 43.5 Å². The van der Waals surface area contributed by atoms with Gasteiger partial charge in [0.25, 0.3) is 0 Å². The standard InChI is InChI=1S/C23H31NO2.ClH/c1-20-7-5-6-10-23(20)26-18-17-25-16-15-24-13-11-22(12-14-24)19-21-8-3-2-4-9-21;/h2-10,22H,11-19H2,1H3;1H. The maximum atomic E-state index is 5.76. The summed E-state index contributed by atoms with van der Waals surface area (Å²) in [5.74, 6) is 1.79. The Labute approximate surface area is 170 Å². The van der Waals surface area contributed by atoms with E-state index < -0.39 is 0 Å². The van der Waals surface area contributed by atoms with Crippen molar-refractivity contribution in [3.8, 4) is 5.75 Å². The van der Waals surface area contributed by atoms with Crippen LogP contribution in [0.1, 0.15) is 24.0 Å². The second kappa shape index (κ2) is 12.0. The Kier molecular flexibility index (Phi) is 9.68. The van der Waals surface area contributed by atoms with Crippen LogP contribution in [0, 0.1) is 12.8 Å². The minimum absolute atomic E-state index is 0. The summed E-state index contributed by atoms with van der Waals surface area (Å²) in [6, 6.07) is 19.0. The molecule has 148 valence electrons. The Morgan fingerprint density at radius 3 is 2.33 bits per heavy atom. The van der Waals surface area contributed by atoms with Crippen molar-refractivity contribution in [2.75, 3.05) is 39.5 Å². The van der Waals surface area contributed by atoms with Gasteiger partial charge >= 0.3 is 0 Å². The summed E-state index contributed by atoms with van der Waals surface area (Å²) in [5.41, 5.74) is 2.65. The first-order valence-corrected chi connectivity index (χ1v) is 9.84. The predicted octanol–water partition coefficient (Wildman–Crippen LogP) is 4.77. The highest BCUT2D eigenvalue weighted by atomic mass is 35.5. The Balaban J connectivity index is 0.00000261. The molecule has 0 radical (unpaired) electrons. The molecule has 2 aromatic carbocycles. The zero-order valence-corrected chi connectivity index (χ0v) is 17.1. The zero-order valence-electron chi connectivity index (χ0n) is 16.3. The van der Waals surface area contributed by atoms with Gasteiger partial charge in [0, 0.05) is 6.54 Å². The average Bonchev–Trinajstić information content (AvgIpc) is 2.68. The minimum Gasteiger partial charge on any atom is -0.491 e. The number of aryl methyl sites for hydroxylation is 1. The first kappa shape index (κ1) is 21.7. The minimum atomic E-state index is 0. The van der Waals surface area contributed by atoms with E-state index in [2.05, 4.69) is 48.2 Å². The number of para-hydroxylation sites is 1. The van der Waals surface area contributed by atoms with Crippen LogP contribution in [0.25, 0.3) is 0 Å². The number of likely N-dealkylation sites (tertiary alicyclic amines) is 1. The first-order chi connectivity index (χ1) is 12.8. The molecule has 0 aliphatic carbocycles. The average molecular weight is 390 g/mol. The molecule has 0 N–H and O–H groups in total. The van der Waals surface area contributed by atoms with Gasteiger partial charge in [-0.25, -0.2) is 0 Å². The largest absolute Gasteiger partial charge is 0.491 e. The molecule has 0 saturated carbocycles. The Hall–Kier alpha value is -1.55. The molecule has 0 bridgehead atoms. The topological polar surface area (TPSA) is 21.7 Å². The van der Waals surface area contributed by atoms with E-state index >= 15 is 0 Å². The molecule has 0 amide bonds. The molecule has 0 aromatic heterocycles. The number of piperidine rings is 1. The SMILES string of the molecule is Cc1ccccc1OCCOCCN1CCC(Cc2ccccc2)CC1.Cl. The Morgan fingerprint density at radius 2 is 1.59 bits per heavy atom. The van der Waals surface area contributed by atoms with Crippen LogP contribution < -0.4 is 4.74 Å². The number of nitrogens with zero attached hydrogens (tertiary/aromatic N) is 1. The molecule has 1 heterocycles. The third kappa shape index (κ3) is 7.53. The highest BCUT2D eigenvalue weighted by molar-refractivity contribution is 5.85. The molecule has 0 unspecified atom stereocenters. The fraction of sp³-hybridized carbons (Fsp3) is 0.478. The summed E-state index contributed by atoms with van der Waals surface area (Å²) in [6.45, 7) is 7.55. The monoisotopic (exact) mass is 389 g/mol. The third-order valence-electron chi connectivity index (χ3n) is 5.21. The van der Waals surface area contributed by atoms with Crippen LogP contribution in [0.4, 0.5) is 0 Å². The fourth-order valence-corrected chi connectivity index (χ4v) is 3.59. The second-order valence-corrected chi connectivity index (χ2v) is 7.20. The lowest BCUT2D eigenvalue weighted by Gasteiger charge is -2.31. The van der Waals surface area contributed by atoms with Crippen molar-refractivity contribution >= 4 is 12.4 Å². The van der Waals surface area contributed by atoms with Crippen molar-refractivity contribution in [3.63, 3.8) is 0 Å². The lowest BCUT2D eigenvalue weighted by atomic mass is 9.90. The number of ether oxygens (including phenoxy) is 2. The molecule has 3 rings (SSSR count). The van der Waals surface area contributed by atoms with E-state index in [1.807, 2.05) is 18.2 Å². The molecule has 27 heavy (non-hydrogen) atoms. The van der Waals surface area contributed by atoms with E-state index in [0.29, 0.717) is 13.2 Å². The molecule has 0 atom stereocenters. The van der Waals surface area contributed by atoms with Crippen LogP contribution in [0.5, 0.6) is 5.75 Å². The van der Waals surface area contributed by atoms with Crippen molar-refractivity contribution in [1.29, 1.82) is 0 Å². The summed E-state index contributed by atoms with van der Waals surface area (Å²) in [5, 5.41) is 0. The summed E-state index contributed by atoms with van der Waals surface area (Å²) in [4.78, 5) is 2.53. The van der Waals surface area contributed by atoms with Gasteiger partial charge in [0.05, 0.1) is 13.2 Å². The van der Waals surface area contributed by atoms with Gasteiger partial charge < -0.3 is 14.4 Å². The van der Waals surface area contributed by atoms with Crippen LogP contribution in [0.15, 0.2) is 54.6 Å². The first-order valence-electron chi connectivity index (χ1n) is 9.84. The molecule has 1 saturated heterocycles. The molecule has 1 fully saturated rings. The van der Waals surface area contributed by atoms with E-state index in [0.717, 1.165) is 24.8 Å². The van der Waals surface area contributed by atoms with E-state index in [1.54, 1.807) is 0 Å². The highest BCUT2D eigenvalue weighted by Gasteiger charge is 2.19. The number of benzene rings is 2. The third-order valence-corrected chi connectivity index (χ3v) is 5.21. The van der Waals surface area contributed by atoms with Gasteiger partial charge in [-0.1, -0.05) is 48.5 Å². The van der Waals surface area contributed by atoms with E-state index in [9.17, 15) is 0 Å². The highest BCUT2D eigenvalue weighted by Crippen LogP contribution is 2.21. The summed E-state index contributed by atoms with van der Waals surface area (Å²) in [6.07, 6.45) is 3.82. The van der Waals surface area contributed by atoms with Gasteiger partial charge in [-0.2, -0.15) is 0 Å². The van der Waals surface area contributed by atoms with Gasteiger partial charge in [0.2, 0.25) is 0 Å². The zero-order chi connectivity index (χ0) is 18.0. The normalized spacial score (nSPS) is 15.3. The smallest absolute Gasteiger partial charge is 0.122 e. The molecule has 4 heteroatoms. The summed E-state index contributed by atoms with van der Waals surface area (Å²) in [7, 11) is 0. The second-order valence-electron chi connectivity index (χ2n) is 7.20. The van der Waals surface area contributed by atoms with Crippen molar-refractivity contribution < 1.29 is 9.47 Å². The van der Waals surface area contributed by atoms with Crippen LogP contribution in [0.2, 0.25) is 0 Å². The van der Waals surface area contributed by atoms with Crippen molar-refractivity contribution in [3.05, 3.63) is 65.7 Å². The van der Waals surface area contributed by atoms with Crippen LogP contribution >= 0.6 is 12.4 Å². The van der Waals surface area contributed by atoms with Crippen LogP contribution in [-0.2, 0) is 11.2 Å².